The molecule has 17 nitrogen and oxygen atoms in total. The lowest BCUT2D eigenvalue weighted by Gasteiger charge is -2.35. The monoisotopic (exact) mass is 944 g/mol. The summed E-state index contributed by atoms with van der Waals surface area (Å²) in [6.45, 7) is 10.9. The summed E-state index contributed by atoms with van der Waals surface area (Å²) in [5.41, 5.74) is 12.8. The topological polar surface area (TPSA) is 212 Å². The molecule has 2 aliphatic rings. The first kappa shape index (κ1) is 48.2. The Bertz CT molecular complexity index is 2650. The SMILES string of the molecule is Cc1ncsc1-c1ccc(CNC(=O)[C@@H]2C[C@@H](O)CN2C(=O)C(NC(=O)COCCOCCN2CCC(n3nc(-c4ccc(Oc5ccccc5)cc4)c4c(N)ncnc43)CC2)C(C)(C)C)cc1. The van der Waals surface area contributed by atoms with E-state index in [1.165, 1.54) is 11.2 Å². The van der Waals surface area contributed by atoms with Crippen LogP contribution in [0.25, 0.3) is 32.7 Å². The van der Waals surface area contributed by atoms with E-state index in [2.05, 4.69) is 30.5 Å². The van der Waals surface area contributed by atoms with Crippen molar-refractivity contribution < 1.29 is 33.7 Å². The maximum atomic E-state index is 14.0. The molecular formula is C50H60N10O7S. The molecule has 2 saturated heterocycles. The molecule has 0 radical (unpaired) electrons. The Labute approximate surface area is 400 Å². The van der Waals surface area contributed by atoms with E-state index in [9.17, 15) is 19.5 Å². The smallest absolute Gasteiger partial charge is 0.246 e. The Morgan fingerprint density at radius 1 is 0.897 bits per heavy atom. The fourth-order valence-electron chi connectivity index (χ4n) is 8.71. The third-order valence-corrected chi connectivity index (χ3v) is 13.4. The number of carbonyl (C=O) groups is 3. The number of benzene rings is 3. The molecule has 3 amide bonds. The van der Waals surface area contributed by atoms with Gasteiger partial charge in [0.25, 0.3) is 0 Å². The summed E-state index contributed by atoms with van der Waals surface area (Å²) in [5.74, 6) is 0.607. The normalized spacial score (nSPS) is 17.3. The van der Waals surface area contributed by atoms with Gasteiger partial charge in [0.1, 0.15) is 48.0 Å². The van der Waals surface area contributed by atoms with Crippen molar-refractivity contribution >= 4 is 45.9 Å². The van der Waals surface area contributed by atoms with Crippen LogP contribution in [0.1, 0.15) is 57.3 Å². The molecule has 5 heterocycles. The van der Waals surface area contributed by atoms with E-state index < -0.39 is 35.4 Å². The first-order chi connectivity index (χ1) is 32.8. The highest BCUT2D eigenvalue weighted by Crippen LogP contribution is 2.35. The summed E-state index contributed by atoms with van der Waals surface area (Å²) in [5, 5.41) is 22.1. The number of carbonyl (C=O) groups excluding carboxylic acids is 3. The molecule has 3 aromatic heterocycles. The molecule has 8 rings (SSSR count). The van der Waals surface area contributed by atoms with Crippen molar-refractivity contribution in [2.75, 3.05) is 58.3 Å². The molecule has 1 unspecified atom stereocenters. The number of nitrogen functional groups attached to an aromatic ring is 1. The van der Waals surface area contributed by atoms with E-state index in [4.69, 9.17) is 25.0 Å². The number of rotatable bonds is 18. The number of anilines is 1. The second kappa shape index (κ2) is 21.8. The highest BCUT2D eigenvalue weighted by Gasteiger charge is 2.44. The number of ether oxygens (including phenoxy) is 3. The number of amides is 3. The van der Waals surface area contributed by atoms with Gasteiger partial charge in [-0.2, -0.15) is 5.10 Å². The first-order valence-corrected chi connectivity index (χ1v) is 23.9. The van der Waals surface area contributed by atoms with E-state index in [0.29, 0.717) is 24.7 Å². The van der Waals surface area contributed by atoms with Crippen LogP contribution in [-0.4, -0.2) is 128 Å². The third kappa shape index (κ3) is 11.7. The number of β-amino-alcohol motifs (C(OH)–C–C–N with tert-alkyl or cyclic N) is 1. The second-order valence-corrected chi connectivity index (χ2v) is 19.2. The summed E-state index contributed by atoms with van der Waals surface area (Å²) < 4.78 is 19.5. The minimum absolute atomic E-state index is 0.00989. The lowest BCUT2D eigenvalue weighted by atomic mass is 9.85. The molecule has 2 fully saturated rings. The number of aliphatic hydroxyl groups excluding tert-OH is 1. The maximum absolute atomic E-state index is 14.0. The molecule has 0 saturated carbocycles. The summed E-state index contributed by atoms with van der Waals surface area (Å²) >= 11 is 1.58. The molecule has 0 aliphatic carbocycles. The predicted octanol–water partition coefficient (Wildman–Crippen LogP) is 5.78. The molecule has 0 spiro atoms. The zero-order valence-corrected chi connectivity index (χ0v) is 39.8. The van der Waals surface area contributed by atoms with Crippen LogP contribution in [0.5, 0.6) is 11.5 Å². The quantitative estimate of drug-likeness (QED) is 0.0754. The molecule has 3 atom stereocenters. The molecule has 5 N–H and O–H groups in total. The van der Waals surface area contributed by atoms with Gasteiger partial charge in [-0.15, -0.1) is 11.3 Å². The maximum Gasteiger partial charge on any atom is 0.246 e. The van der Waals surface area contributed by atoms with Crippen LogP contribution in [0.4, 0.5) is 5.82 Å². The van der Waals surface area contributed by atoms with Gasteiger partial charge in [0, 0.05) is 44.7 Å². The Morgan fingerprint density at radius 3 is 2.31 bits per heavy atom. The van der Waals surface area contributed by atoms with Crippen molar-refractivity contribution in [2.24, 2.45) is 5.41 Å². The van der Waals surface area contributed by atoms with Crippen molar-refractivity contribution in [3.8, 4) is 33.2 Å². The fraction of sp³-hybridized carbons (Fsp3) is 0.420. The molecule has 18 heteroatoms. The van der Waals surface area contributed by atoms with Gasteiger partial charge in [0.05, 0.1) is 53.4 Å². The number of hydrogen-bond donors (Lipinski definition) is 4. The Morgan fingerprint density at radius 2 is 1.60 bits per heavy atom. The second-order valence-electron chi connectivity index (χ2n) is 18.4. The highest BCUT2D eigenvalue weighted by atomic mass is 32.1. The standard InChI is InChI=1S/C50H60N10O7S/c1-32-44(68-31-55-32)35-12-10-33(11-13-35)27-52-48(63)40-26-37(61)28-59(40)49(64)45(50(2,3)4)56-41(62)29-66-25-24-65-23-22-58-20-18-36(19-21-58)60-47-42(46(51)53-30-54-47)43(57-60)34-14-16-39(17-15-34)67-38-8-6-5-7-9-38/h5-17,30-31,36-37,40,45,61H,18-29H2,1-4H3,(H,52,63)(H,56,62)(H2,51,53,54)/t37-,40+,45?/m1/s1. The van der Waals surface area contributed by atoms with Crippen molar-refractivity contribution in [1.29, 1.82) is 0 Å². The van der Waals surface area contributed by atoms with Crippen molar-refractivity contribution in [3.63, 3.8) is 0 Å². The number of nitrogens with two attached hydrogens (primary N) is 1. The summed E-state index contributed by atoms with van der Waals surface area (Å²) in [4.78, 5) is 58.6. The van der Waals surface area contributed by atoms with Crippen LogP contribution in [0.3, 0.4) is 0 Å². The Kier molecular flexibility index (Phi) is 15.4. The lowest BCUT2D eigenvalue weighted by Crippen LogP contribution is -2.58. The lowest BCUT2D eigenvalue weighted by molar-refractivity contribution is -0.144. The van der Waals surface area contributed by atoms with Crippen LogP contribution in [0, 0.1) is 12.3 Å². The van der Waals surface area contributed by atoms with E-state index in [-0.39, 0.29) is 44.7 Å². The van der Waals surface area contributed by atoms with E-state index in [1.807, 2.05) is 117 Å². The van der Waals surface area contributed by atoms with Gasteiger partial charge in [-0.25, -0.2) is 19.6 Å². The Hall–Kier alpha value is -6.31. The largest absolute Gasteiger partial charge is 0.457 e. The van der Waals surface area contributed by atoms with Gasteiger partial charge in [0.2, 0.25) is 17.7 Å². The average Bonchev–Trinajstić information content (AvgIpc) is 4.07. The molecule has 3 aromatic carbocycles. The number of fused-ring (bicyclic) bond motifs is 1. The predicted molar refractivity (Wildman–Crippen MR) is 260 cm³/mol. The van der Waals surface area contributed by atoms with E-state index in [1.54, 1.807) is 11.3 Å². The van der Waals surface area contributed by atoms with Crippen LogP contribution in [0.2, 0.25) is 0 Å². The van der Waals surface area contributed by atoms with Gasteiger partial charge in [-0.1, -0.05) is 63.2 Å². The number of para-hydroxylation sites is 1. The number of aromatic nitrogens is 5. The third-order valence-electron chi connectivity index (χ3n) is 12.4. The van der Waals surface area contributed by atoms with Gasteiger partial charge >= 0.3 is 0 Å². The van der Waals surface area contributed by atoms with Crippen LogP contribution >= 0.6 is 11.3 Å². The Balaban J connectivity index is 0.751. The van der Waals surface area contributed by atoms with Crippen LogP contribution in [0.15, 0.2) is 90.7 Å². The number of hydrogen-bond acceptors (Lipinski definition) is 14. The zero-order valence-electron chi connectivity index (χ0n) is 39.0. The number of aliphatic hydroxyl groups is 1. The van der Waals surface area contributed by atoms with Gasteiger partial charge in [-0.05, 0) is 72.7 Å². The van der Waals surface area contributed by atoms with Crippen LogP contribution < -0.4 is 21.1 Å². The van der Waals surface area contributed by atoms with E-state index in [0.717, 1.165) is 82.3 Å². The average molecular weight is 945 g/mol. The number of aryl methyl sites for hydroxylation is 1. The number of likely N-dealkylation sites (tertiary alicyclic amines) is 2. The minimum Gasteiger partial charge on any atom is -0.457 e. The summed E-state index contributed by atoms with van der Waals surface area (Å²) in [6.07, 6.45) is 2.46. The molecule has 2 aliphatic heterocycles. The van der Waals surface area contributed by atoms with Crippen molar-refractivity contribution in [3.05, 3.63) is 102 Å². The minimum atomic E-state index is -0.957. The zero-order chi connectivity index (χ0) is 47.8. The van der Waals surface area contributed by atoms with Gasteiger partial charge in [-0.3, -0.25) is 14.4 Å². The molecule has 358 valence electrons. The van der Waals surface area contributed by atoms with Gasteiger partial charge < -0.3 is 45.5 Å². The number of nitrogens with zero attached hydrogens (tertiary/aromatic N) is 7. The van der Waals surface area contributed by atoms with Crippen LogP contribution in [-0.2, 0) is 30.4 Å². The fourth-order valence-corrected chi connectivity index (χ4v) is 9.52. The molecule has 0 bridgehead atoms. The number of nitrogens with one attached hydrogen (secondary N) is 2. The first-order valence-electron chi connectivity index (χ1n) is 23.1. The number of piperidine rings is 1. The molecule has 6 aromatic rings. The van der Waals surface area contributed by atoms with Crippen molar-refractivity contribution in [1.82, 2.24) is 45.2 Å². The van der Waals surface area contributed by atoms with E-state index >= 15 is 0 Å². The van der Waals surface area contributed by atoms with Crippen molar-refractivity contribution in [2.45, 2.75) is 77.7 Å². The number of thiazole rings is 1. The highest BCUT2D eigenvalue weighted by molar-refractivity contribution is 7.13. The summed E-state index contributed by atoms with van der Waals surface area (Å²) in [6, 6.07) is 23.6. The summed E-state index contributed by atoms with van der Waals surface area (Å²) in [7, 11) is 0. The molecular weight excluding hydrogens is 885 g/mol. The van der Waals surface area contributed by atoms with Gasteiger partial charge in [0.15, 0.2) is 5.65 Å². The molecule has 68 heavy (non-hydrogen) atoms.